The quantitative estimate of drug-likeness (QED) is 0.513. The third-order valence-electron chi connectivity index (χ3n) is 4.68. The molecule has 1 unspecified atom stereocenters. The predicted octanol–water partition coefficient (Wildman–Crippen LogP) is 6.11. The van der Waals surface area contributed by atoms with Crippen molar-refractivity contribution < 1.29 is 19.4 Å². The van der Waals surface area contributed by atoms with Crippen molar-refractivity contribution in [1.29, 1.82) is 0 Å². The van der Waals surface area contributed by atoms with Gasteiger partial charge in [0, 0.05) is 5.57 Å². The number of halogens is 2. The van der Waals surface area contributed by atoms with Crippen LogP contribution >= 0.6 is 23.2 Å². The third-order valence-corrected chi connectivity index (χ3v) is 5.42. The van der Waals surface area contributed by atoms with Crippen LogP contribution in [0.4, 0.5) is 0 Å². The molecular formula is C23H16Cl2O4. The van der Waals surface area contributed by atoms with Gasteiger partial charge >= 0.3 is 0 Å². The van der Waals surface area contributed by atoms with Gasteiger partial charge in [-0.15, -0.1) is 0 Å². The molecule has 29 heavy (non-hydrogen) atoms. The van der Waals surface area contributed by atoms with Crippen LogP contribution in [0.3, 0.4) is 0 Å². The van der Waals surface area contributed by atoms with E-state index in [0.29, 0.717) is 38.2 Å². The van der Waals surface area contributed by atoms with E-state index < -0.39 is 6.10 Å². The van der Waals surface area contributed by atoms with Gasteiger partial charge in [-0.1, -0.05) is 41.4 Å². The number of phenolic OH excluding ortho intramolecular Hbond substituents is 1. The minimum Gasteiger partial charge on any atom is -0.508 e. The maximum absolute atomic E-state index is 13.3. The summed E-state index contributed by atoms with van der Waals surface area (Å²) >= 11 is 12.1. The monoisotopic (exact) mass is 426 g/mol. The van der Waals surface area contributed by atoms with Crippen LogP contribution in [0.2, 0.25) is 10.0 Å². The minimum atomic E-state index is -0.625. The highest BCUT2D eigenvalue weighted by atomic mass is 35.5. The molecule has 4 rings (SSSR count). The second kappa shape index (κ2) is 7.82. The van der Waals surface area contributed by atoms with Crippen LogP contribution in [-0.2, 0) is 0 Å². The summed E-state index contributed by atoms with van der Waals surface area (Å²) in [6.07, 6.45) is 1.10. The lowest BCUT2D eigenvalue weighted by atomic mass is 9.89. The number of ketones is 1. The number of fused-ring (bicyclic) bond motifs is 1. The lowest BCUT2D eigenvalue weighted by Crippen LogP contribution is -2.23. The number of ether oxygens (including phenoxy) is 2. The minimum absolute atomic E-state index is 0.00233. The highest BCUT2D eigenvalue weighted by molar-refractivity contribution is 6.42. The van der Waals surface area contributed by atoms with Gasteiger partial charge in [-0.3, -0.25) is 4.79 Å². The summed E-state index contributed by atoms with van der Waals surface area (Å²) in [4.78, 5) is 13.3. The van der Waals surface area contributed by atoms with E-state index in [1.54, 1.807) is 37.5 Å². The number of carbonyl (C=O) groups excluding carboxylic acids is 1. The summed E-state index contributed by atoms with van der Waals surface area (Å²) in [6.45, 7) is 0. The molecule has 0 fully saturated rings. The van der Waals surface area contributed by atoms with Crippen molar-refractivity contribution in [2.75, 3.05) is 7.11 Å². The molecule has 1 aliphatic heterocycles. The first kappa shape index (κ1) is 19.4. The van der Waals surface area contributed by atoms with Gasteiger partial charge in [0.25, 0.3) is 0 Å². The molecule has 0 aromatic heterocycles. The normalized spacial score (nSPS) is 17.0. The Kier molecular flexibility index (Phi) is 5.22. The first-order valence-corrected chi connectivity index (χ1v) is 9.57. The first-order chi connectivity index (χ1) is 14.0. The van der Waals surface area contributed by atoms with Crippen LogP contribution in [0.15, 0.2) is 66.2 Å². The second-order valence-corrected chi connectivity index (χ2v) is 7.37. The Labute approximate surface area is 177 Å². The number of hydrogen-bond acceptors (Lipinski definition) is 4. The van der Waals surface area contributed by atoms with Crippen molar-refractivity contribution in [2.45, 2.75) is 6.10 Å². The van der Waals surface area contributed by atoms with E-state index in [-0.39, 0.29) is 11.5 Å². The Hall–Kier alpha value is -2.95. The van der Waals surface area contributed by atoms with Crippen molar-refractivity contribution >= 4 is 35.1 Å². The van der Waals surface area contributed by atoms with E-state index in [1.807, 2.05) is 24.3 Å². The van der Waals surface area contributed by atoms with E-state index >= 15 is 0 Å². The summed E-state index contributed by atoms with van der Waals surface area (Å²) in [5.41, 5.74) is 2.24. The molecule has 1 atom stereocenters. The number of hydrogen-bond donors (Lipinski definition) is 1. The highest BCUT2D eigenvalue weighted by Crippen LogP contribution is 2.41. The van der Waals surface area contributed by atoms with Crippen molar-refractivity contribution in [3.8, 4) is 17.2 Å². The molecule has 3 aromatic rings. The van der Waals surface area contributed by atoms with E-state index in [2.05, 4.69) is 0 Å². The molecular weight excluding hydrogens is 411 g/mol. The summed E-state index contributed by atoms with van der Waals surface area (Å²) < 4.78 is 11.4. The predicted molar refractivity (Wildman–Crippen MR) is 113 cm³/mol. The zero-order valence-electron chi connectivity index (χ0n) is 15.4. The molecule has 0 spiro atoms. The van der Waals surface area contributed by atoms with E-state index in [0.717, 1.165) is 5.56 Å². The van der Waals surface area contributed by atoms with Gasteiger partial charge in [0.1, 0.15) is 17.2 Å². The van der Waals surface area contributed by atoms with Gasteiger partial charge < -0.3 is 14.6 Å². The molecule has 3 aromatic carbocycles. The average molecular weight is 427 g/mol. The molecule has 0 saturated carbocycles. The van der Waals surface area contributed by atoms with E-state index in [4.69, 9.17) is 32.7 Å². The van der Waals surface area contributed by atoms with Crippen LogP contribution in [0.1, 0.15) is 27.6 Å². The SMILES string of the molecule is COc1ccc(C2Oc3ccc(O)cc3C(=O)C2=Cc2ccc(Cl)c(Cl)c2)cc1. The van der Waals surface area contributed by atoms with Gasteiger partial charge in [-0.25, -0.2) is 0 Å². The fourth-order valence-electron chi connectivity index (χ4n) is 3.21. The Balaban J connectivity index is 1.85. The van der Waals surface area contributed by atoms with Crippen molar-refractivity contribution in [3.63, 3.8) is 0 Å². The molecule has 0 amide bonds. The fourth-order valence-corrected chi connectivity index (χ4v) is 3.52. The van der Waals surface area contributed by atoms with Gasteiger partial charge in [0.05, 0.1) is 22.7 Å². The maximum Gasteiger partial charge on any atom is 0.196 e. The van der Waals surface area contributed by atoms with Crippen LogP contribution in [0.5, 0.6) is 17.2 Å². The van der Waals surface area contributed by atoms with Gasteiger partial charge in [-0.05, 0) is 59.7 Å². The molecule has 0 radical (unpaired) electrons. The molecule has 0 saturated heterocycles. The lowest BCUT2D eigenvalue weighted by molar-refractivity contribution is 0.0963. The van der Waals surface area contributed by atoms with E-state index in [9.17, 15) is 9.90 Å². The molecule has 0 bridgehead atoms. The highest BCUT2D eigenvalue weighted by Gasteiger charge is 2.33. The number of carbonyl (C=O) groups is 1. The maximum atomic E-state index is 13.3. The number of rotatable bonds is 3. The summed E-state index contributed by atoms with van der Waals surface area (Å²) in [5.74, 6) is 0.891. The zero-order chi connectivity index (χ0) is 20.5. The number of methoxy groups -OCH3 is 1. The number of Topliss-reactive ketones (excluding diaryl/α,β-unsaturated/α-hetero) is 1. The lowest BCUT2D eigenvalue weighted by Gasteiger charge is -2.28. The van der Waals surface area contributed by atoms with Crippen molar-refractivity contribution in [1.82, 2.24) is 0 Å². The average Bonchev–Trinajstić information content (AvgIpc) is 2.73. The topological polar surface area (TPSA) is 55.8 Å². The summed E-state index contributed by atoms with van der Waals surface area (Å²) in [6, 6.07) is 17.0. The van der Waals surface area contributed by atoms with Crippen LogP contribution in [-0.4, -0.2) is 18.0 Å². The van der Waals surface area contributed by atoms with Gasteiger partial charge in [-0.2, -0.15) is 0 Å². The Morgan fingerprint density at radius 1 is 1.00 bits per heavy atom. The Morgan fingerprint density at radius 3 is 2.45 bits per heavy atom. The summed E-state index contributed by atoms with van der Waals surface area (Å²) in [7, 11) is 1.59. The van der Waals surface area contributed by atoms with Gasteiger partial charge in [0.15, 0.2) is 11.9 Å². The fraction of sp³-hybridized carbons (Fsp3) is 0.0870. The third kappa shape index (κ3) is 3.82. The smallest absolute Gasteiger partial charge is 0.196 e. The largest absolute Gasteiger partial charge is 0.508 e. The van der Waals surface area contributed by atoms with Gasteiger partial charge in [0.2, 0.25) is 0 Å². The summed E-state index contributed by atoms with van der Waals surface area (Å²) in [5, 5.41) is 10.6. The first-order valence-electron chi connectivity index (χ1n) is 8.81. The van der Waals surface area contributed by atoms with Crippen molar-refractivity contribution in [3.05, 3.63) is 93.0 Å². The van der Waals surface area contributed by atoms with E-state index in [1.165, 1.54) is 12.1 Å². The molecule has 4 nitrogen and oxygen atoms in total. The molecule has 1 N–H and O–H groups in total. The Morgan fingerprint density at radius 2 is 1.76 bits per heavy atom. The van der Waals surface area contributed by atoms with Crippen molar-refractivity contribution in [2.24, 2.45) is 0 Å². The standard InChI is InChI=1S/C23H16Cl2O4/c1-28-16-6-3-14(4-7-16)23-18(10-13-2-8-19(24)20(25)11-13)22(27)17-12-15(26)5-9-21(17)29-23/h2-12,23,26H,1H3. The molecule has 6 heteroatoms. The molecule has 1 heterocycles. The number of aromatic hydroxyl groups is 1. The zero-order valence-corrected chi connectivity index (χ0v) is 16.9. The second-order valence-electron chi connectivity index (χ2n) is 6.55. The molecule has 146 valence electrons. The molecule has 0 aliphatic carbocycles. The van der Waals surface area contributed by atoms with Crippen LogP contribution in [0, 0.1) is 0 Å². The Bertz CT molecular complexity index is 1120. The number of phenols is 1. The molecule has 1 aliphatic rings. The van der Waals surface area contributed by atoms with Crippen LogP contribution in [0.25, 0.3) is 6.08 Å². The number of benzene rings is 3. The van der Waals surface area contributed by atoms with Crippen LogP contribution < -0.4 is 9.47 Å².